The van der Waals surface area contributed by atoms with Crippen LogP contribution in [0.5, 0.6) is 0 Å². The van der Waals surface area contributed by atoms with Gasteiger partial charge in [0.05, 0.1) is 13.2 Å². The van der Waals surface area contributed by atoms with E-state index in [4.69, 9.17) is 4.74 Å². The Morgan fingerprint density at radius 3 is 2.61 bits per heavy atom. The van der Waals surface area contributed by atoms with Crippen LogP contribution in [0.4, 0.5) is 5.82 Å². The average Bonchev–Trinajstić information content (AvgIpc) is 2.69. The van der Waals surface area contributed by atoms with Crippen LogP contribution in [0.1, 0.15) is 31.5 Å². The summed E-state index contributed by atoms with van der Waals surface area (Å²) in [5.41, 5.74) is 2.08. The number of pyridine rings is 1. The Balaban J connectivity index is 1.66. The molecule has 7 heteroatoms. The molecule has 0 spiro atoms. The molecule has 0 amide bonds. The highest BCUT2D eigenvalue weighted by molar-refractivity contribution is 5.56. The Hall–Kier alpha value is -2.25. The van der Waals surface area contributed by atoms with Crippen LogP contribution in [0.25, 0.3) is 11.4 Å². The Morgan fingerprint density at radius 2 is 2.00 bits per heavy atom. The molecule has 1 fully saturated rings. The van der Waals surface area contributed by atoms with Crippen LogP contribution in [0.3, 0.4) is 0 Å². The van der Waals surface area contributed by atoms with Crippen LogP contribution in [0, 0.1) is 19.8 Å². The highest BCUT2D eigenvalue weighted by Gasteiger charge is 2.21. The summed E-state index contributed by atoms with van der Waals surface area (Å²) < 4.78 is 5.49. The van der Waals surface area contributed by atoms with Gasteiger partial charge < -0.3 is 15.0 Å². The van der Waals surface area contributed by atoms with Crippen molar-refractivity contribution in [2.24, 2.45) is 5.92 Å². The Bertz CT molecular complexity index is 826. The number of nitrogens with one attached hydrogen (secondary N) is 2. The lowest BCUT2D eigenvalue weighted by Crippen LogP contribution is -2.47. The van der Waals surface area contributed by atoms with Crippen LogP contribution in [-0.4, -0.2) is 58.7 Å². The van der Waals surface area contributed by atoms with Gasteiger partial charge in [0.25, 0.3) is 5.56 Å². The van der Waals surface area contributed by atoms with Crippen LogP contribution in [-0.2, 0) is 4.74 Å². The summed E-state index contributed by atoms with van der Waals surface area (Å²) in [6, 6.07) is 4.34. The highest BCUT2D eigenvalue weighted by atomic mass is 16.5. The van der Waals surface area contributed by atoms with Crippen molar-refractivity contribution in [3.8, 4) is 11.4 Å². The molecule has 1 aliphatic rings. The first-order valence-electron chi connectivity index (χ1n) is 10.0. The minimum Gasteiger partial charge on any atom is -0.379 e. The maximum atomic E-state index is 12.0. The molecule has 3 rings (SSSR count). The summed E-state index contributed by atoms with van der Waals surface area (Å²) in [4.78, 5) is 26.3. The topological polar surface area (TPSA) is 83.1 Å². The fourth-order valence-corrected chi connectivity index (χ4v) is 3.49. The second kappa shape index (κ2) is 9.30. The highest BCUT2D eigenvalue weighted by Crippen LogP contribution is 2.17. The fraction of sp³-hybridized carbons (Fsp3) is 0.571. The van der Waals surface area contributed by atoms with E-state index in [1.165, 1.54) is 0 Å². The molecule has 0 radical (unpaired) electrons. The van der Waals surface area contributed by atoms with Crippen LogP contribution < -0.4 is 10.9 Å². The molecule has 0 saturated carbocycles. The van der Waals surface area contributed by atoms with Crippen molar-refractivity contribution >= 4 is 5.82 Å². The van der Waals surface area contributed by atoms with Gasteiger partial charge in [-0.3, -0.25) is 9.69 Å². The molecule has 1 aliphatic heterocycles. The largest absolute Gasteiger partial charge is 0.379 e. The molecule has 0 aromatic carbocycles. The van der Waals surface area contributed by atoms with Gasteiger partial charge in [-0.15, -0.1) is 0 Å². The van der Waals surface area contributed by atoms with Gasteiger partial charge in [-0.05, 0) is 38.3 Å². The first-order chi connectivity index (χ1) is 13.4. The van der Waals surface area contributed by atoms with Crippen molar-refractivity contribution < 1.29 is 4.74 Å². The number of aromatic amines is 1. The van der Waals surface area contributed by atoms with Gasteiger partial charge in [-0.25, -0.2) is 9.97 Å². The van der Waals surface area contributed by atoms with Gasteiger partial charge in [-0.1, -0.05) is 13.8 Å². The zero-order chi connectivity index (χ0) is 20.1. The van der Waals surface area contributed by atoms with Crippen molar-refractivity contribution in [3.05, 3.63) is 39.9 Å². The zero-order valence-electron chi connectivity index (χ0n) is 17.3. The molecule has 0 aliphatic carbocycles. The minimum absolute atomic E-state index is 0.105. The minimum atomic E-state index is -0.105. The van der Waals surface area contributed by atoms with Crippen molar-refractivity contribution in [1.29, 1.82) is 0 Å². The number of hydrogen-bond acceptors (Lipinski definition) is 6. The van der Waals surface area contributed by atoms with Crippen molar-refractivity contribution in [2.75, 3.05) is 38.2 Å². The van der Waals surface area contributed by atoms with Crippen LogP contribution in [0.2, 0.25) is 0 Å². The molecule has 152 valence electrons. The van der Waals surface area contributed by atoms with E-state index in [1.54, 1.807) is 13.1 Å². The first-order valence-corrected chi connectivity index (χ1v) is 10.0. The predicted octanol–water partition coefficient (Wildman–Crippen LogP) is 2.61. The van der Waals surface area contributed by atoms with E-state index in [0.717, 1.165) is 56.3 Å². The van der Waals surface area contributed by atoms with Crippen molar-refractivity contribution in [2.45, 2.75) is 40.2 Å². The van der Waals surface area contributed by atoms with E-state index in [0.29, 0.717) is 23.3 Å². The van der Waals surface area contributed by atoms with Gasteiger partial charge in [0.15, 0.2) is 0 Å². The summed E-state index contributed by atoms with van der Waals surface area (Å²) in [6.07, 6.45) is 2.89. The molecule has 28 heavy (non-hydrogen) atoms. The van der Waals surface area contributed by atoms with Crippen LogP contribution in [0.15, 0.2) is 23.1 Å². The van der Waals surface area contributed by atoms with Gasteiger partial charge in [0, 0.05) is 48.7 Å². The number of morpholine rings is 1. The first kappa shape index (κ1) is 20.5. The molecule has 7 nitrogen and oxygen atoms in total. The molecular weight excluding hydrogens is 354 g/mol. The van der Waals surface area contributed by atoms with E-state index in [1.807, 2.05) is 19.1 Å². The number of ether oxygens (including phenoxy) is 1. The molecule has 1 saturated heterocycles. The SMILES string of the molecule is Cc1nc(-c2ccc(NCC(CC(C)C)N3CCOCC3)nc2)[nH]c(=O)c1C. The number of anilines is 1. The molecule has 2 N–H and O–H groups in total. The molecule has 2 aromatic heterocycles. The predicted molar refractivity (Wildman–Crippen MR) is 112 cm³/mol. The van der Waals surface area contributed by atoms with Gasteiger partial charge >= 0.3 is 0 Å². The summed E-state index contributed by atoms with van der Waals surface area (Å²) in [7, 11) is 0. The van der Waals surface area contributed by atoms with E-state index < -0.39 is 0 Å². The lowest BCUT2D eigenvalue weighted by Gasteiger charge is -2.35. The molecule has 0 bridgehead atoms. The zero-order valence-corrected chi connectivity index (χ0v) is 17.3. The Morgan fingerprint density at radius 1 is 1.25 bits per heavy atom. The second-order valence-electron chi connectivity index (χ2n) is 7.87. The Labute approximate surface area is 166 Å². The normalized spacial score (nSPS) is 16.3. The average molecular weight is 386 g/mol. The summed E-state index contributed by atoms with van der Waals surface area (Å²) in [5, 5.41) is 3.47. The van der Waals surface area contributed by atoms with Crippen LogP contribution >= 0.6 is 0 Å². The van der Waals surface area contributed by atoms with Gasteiger partial charge in [-0.2, -0.15) is 0 Å². The molecule has 3 heterocycles. The number of hydrogen-bond donors (Lipinski definition) is 2. The van der Waals surface area contributed by atoms with E-state index in [9.17, 15) is 4.79 Å². The van der Waals surface area contributed by atoms with Gasteiger partial charge in [0.2, 0.25) is 0 Å². The third kappa shape index (κ3) is 5.17. The van der Waals surface area contributed by atoms with Gasteiger partial charge in [0.1, 0.15) is 11.6 Å². The van der Waals surface area contributed by atoms with E-state index in [2.05, 4.69) is 39.0 Å². The second-order valence-corrected chi connectivity index (χ2v) is 7.87. The lowest BCUT2D eigenvalue weighted by atomic mass is 10.0. The third-order valence-corrected chi connectivity index (χ3v) is 5.26. The van der Waals surface area contributed by atoms with E-state index >= 15 is 0 Å². The number of H-pyrrole nitrogens is 1. The Kier molecular flexibility index (Phi) is 6.80. The monoisotopic (exact) mass is 385 g/mol. The van der Waals surface area contributed by atoms with Crippen molar-refractivity contribution in [3.63, 3.8) is 0 Å². The smallest absolute Gasteiger partial charge is 0.254 e. The lowest BCUT2D eigenvalue weighted by molar-refractivity contribution is 0.0150. The fourth-order valence-electron chi connectivity index (χ4n) is 3.49. The number of aryl methyl sites for hydroxylation is 1. The summed E-state index contributed by atoms with van der Waals surface area (Å²) in [6.45, 7) is 12.6. The quantitative estimate of drug-likeness (QED) is 0.762. The maximum Gasteiger partial charge on any atom is 0.254 e. The number of aromatic nitrogens is 3. The summed E-state index contributed by atoms with van der Waals surface area (Å²) >= 11 is 0. The molecular formula is C21H31N5O2. The summed E-state index contributed by atoms with van der Waals surface area (Å²) in [5.74, 6) is 2.02. The van der Waals surface area contributed by atoms with E-state index in [-0.39, 0.29) is 5.56 Å². The molecule has 1 atom stereocenters. The molecule has 2 aromatic rings. The number of rotatable bonds is 7. The number of nitrogens with zero attached hydrogens (tertiary/aromatic N) is 3. The molecule has 1 unspecified atom stereocenters. The third-order valence-electron chi connectivity index (χ3n) is 5.26. The standard InChI is InChI=1S/C21H31N5O2/c1-14(2)11-18(26-7-9-28-10-8-26)13-23-19-6-5-17(12-22-19)20-24-16(4)15(3)21(27)25-20/h5-6,12,14,18H,7-11,13H2,1-4H3,(H,22,23)(H,24,25,27). The van der Waals surface area contributed by atoms with Crippen molar-refractivity contribution in [1.82, 2.24) is 19.9 Å². The maximum absolute atomic E-state index is 12.0.